The molecule has 2 fully saturated rings. The first-order valence-electron chi connectivity index (χ1n) is 21.1. The molecule has 2 aromatic carbocycles. The number of aryl methyl sites for hydroxylation is 2. The lowest BCUT2D eigenvalue weighted by atomic mass is 10.1. The first kappa shape index (κ1) is 38.9. The van der Waals surface area contributed by atoms with Crippen LogP contribution in [0, 0.1) is 13.8 Å². The molecular formula is C47H48N10O5. The summed E-state index contributed by atoms with van der Waals surface area (Å²) in [7, 11) is 0. The molecule has 0 aliphatic carbocycles. The molecule has 62 heavy (non-hydrogen) atoms. The molecule has 2 saturated heterocycles. The van der Waals surface area contributed by atoms with Gasteiger partial charge in [0.05, 0.1) is 28.8 Å². The largest absolute Gasteiger partial charge is 0.486 e. The number of benzene rings is 2. The molecule has 10 heterocycles. The standard InChI is InChI=1S/C24H23N5O3.C15H16N4.C8H9NO2/c1-15-12-16(6-8-25-15)19-3-4-20-23(27-19)29(18-7-9-28(20)14-18)24(30)26-17-2-5-21-22(13-17)32-11-10-31-21;1-10-8-11(4-6-16-10)13-2-3-14-15(18-13)17-12-5-7-19(14)9-12;9-6-1-2-7-8(5-6)11-4-3-10-7/h2-6,8,12-13,18H,7,9-11,14H2,1H3,(H,26,30);2-4,6,8,12H,5,7,9H2,1H3,(H,17,18);1-2,5H,3-4,9H2/t18-;12-;/m00./s1. The van der Waals surface area contributed by atoms with E-state index in [9.17, 15) is 4.79 Å². The number of nitrogens with zero attached hydrogens (tertiary/aromatic N) is 7. The molecule has 2 amide bonds. The highest BCUT2D eigenvalue weighted by Gasteiger charge is 2.40. The smallest absolute Gasteiger partial charge is 0.327 e. The van der Waals surface area contributed by atoms with Crippen LogP contribution < -0.4 is 50.0 Å². The number of fused-ring (bicyclic) bond motifs is 10. The van der Waals surface area contributed by atoms with Gasteiger partial charge in [-0.25, -0.2) is 14.8 Å². The number of carbonyl (C=O) groups is 1. The van der Waals surface area contributed by atoms with E-state index in [1.54, 1.807) is 18.3 Å². The second-order valence-electron chi connectivity index (χ2n) is 16.0. The summed E-state index contributed by atoms with van der Waals surface area (Å²) in [6.07, 6.45) is 5.74. The highest BCUT2D eigenvalue weighted by Crippen LogP contribution is 2.41. The number of rotatable bonds is 3. The van der Waals surface area contributed by atoms with E-state index in [4.69, 9.17) is 34.6 Å². The number of amides is 2. The summed E-state index contributed by atoms with van der Waals surface area (Å²) in [4.78, 5) is 38.2. The Balaban J connectivity index is 0.000000128. The number of hydrogen-bond donors (Lipinski definition) is 3. The number of anilines is 6. The molecule has 12 rings (SSSR count). The topological polar surface area (TPSA) is 165 Å². The van der Waals surface area contributed by atoms with Gasteiger partial charge < -0.3 is 45.1 Å². The van der Waals surface area contributed by atoms with E-state index in [1.807, 2.05) is 73.5 Å². The van der Waals surface area contributed by atoms with Crippen molar-refractivity contribution in [2.75, 3.05) is 83.7 Å². The van der Waals surface area contributed by atoms with Crippen LogP contribution in [0.1, 0.15) is 24.2 Å². The molecule has 0 saturated carbocycles. The van der Waals surface area contributed by atoms with Gasteiger partial charge in [-0.15, -0.1) is 0 Å². The lowest BCUT2D eigenvalue weighted by Crippen LogP contribution is -2.48. The maximum absolute atomic E-state index is 13.5. The van der Waals surface area contributed by atoms with Crippen molar-refractivity contribution in [3.63, 3.8) is 0 Å². The van der Waals surface area contributed by atoms with Crippen LogP contribution in [-0.2, 0) is 0 Å². The number of urea groups is 1. The molecule has 6 aliphatic rings. The summed E-state index contributed by atoms with van der Waals surface area (Å²) in [5, 5.41) is 6.58. The van der Waals surface area contributed by atoms with E-state index in [-0.39, 0.29) is 12.1 Å². The Kier molecular flexibility index (Phi) is 10.4. The van der Waals surface area contributed by atoms with Gasteiger partial charge >= 0.3 is 6.03 Å². The fourth-order valence-corrected chi connectivity index (χ4v) is 8.67. The number of aromatic nitrogens is 4. The van der Waals surface area contributed by atoms with Crippen molar-refractivity contribution in [2.24, 2.45) is 0 Å². The molecule has 4 N–H and O–H groups in total. The maximum atomic E-state index is 13.5. The van der Waals surface area contributed by atoms with Crippen LogP contribution in [0.3, 0.4) is 0 Å². The molecule has 6 aliphatic heterocycles. The second kappa shape index (κ2) is 16.6. The fraction of sp³-hybridized carbons (Fsp3) is 0.298. The van der Waals surface area contributed by atoms with E-state index in [0.717, 1.165) is 89.5 Å². The Labute approximate surface area is 359 Å². The number of nitrogens with two attached hydrogens (primary N) is 1. The van der Waals surface area contributed by atoms with Crippen LogP contribution in [0.4, 0.5) is 39.2 Å². The zero-order valence-electron chi connectivity index (χ0n) is 34.7. The molecule has 4 aromatic heterocycles. The van der Waals surface area contributed by atoms with Crippen LogP contribution in [-0.4, -0.2) is 90.7 Å². The SMILES string of the molecule is Cc1cc(-c2ccc3c(n2)N(C(=O)Nc2ccc4c(c2)OCCO4)[C@H]2CCN3C2)ccn1.Cc1cc(-c2ccc3c(n2)N[C@H]2CCN3C2)ccn1.Nc1ccc2c(c1)OCCO2. The fourth-order valence-electron chi connectivity index (χ4n) is 8.67. The molecule has 2 atom stereocenters. The predicted molar refractivity (Wildman–Crippen MR) is 240 cm³/mol. The van der Waals surface area contributed by atoms with Crippen LogP contribution in [0.15, 0.2) is 97.3 Å². The van der Waals surface area contributed by atoms with E-state index in [0.29, 0.717) is 61.2 Å². The van der Waals surface area contributed by atoms with Crippen molar-refractivity contribution >= 4 is 40.4 Å². The summed E-state index contributed by atoms with van der Waals surface area (Å²) < 4.78 is 21.8. The highest BCUT2D eigenvalue weighted by molar-refractivity contribution is 6.05. The molecule has 0 radical (unpaired) electrons. The van der Waals surface area contributed by atoms with Crippen LogP contribution >= 0.6 is 0 Å². The summed E-state index contributed by atoms with van der Waals surface area (Å²) in [5.74, 6) is 4.60. The molecule has 0 spiro atoms. The Bertz CT molecular complexity index is 2640. The molecule has 316 valence electrons. The zero-order valence-corrected chi connectivity index (χ0v) is 34.7. The van der Waals surface area contributed by atoms with Gasteiger partial charge in [-0.1, -0.05) is 0 Å². The third kappa shape index (κ3) is 8.00. The van der Waals surface area contributed by atoms with Gasteiger partial charge in [0.25, 0.3) is 0 Å². The zero-order chi connectivity index (χ0) is 42.2. The summed E-state index contributed by atoms with van der Waals surface area (Å²) in [6.45, 7) is 10.2. The number of pyridine rings is 4. The van der Waals surface area contributed by atoms with Crippen molar-refractivity contribution in [2.45, 2.75) is 38.8 Å². The Morgan fingerprint density at radius 2 is 1.29 bits per heavy atom. The Morgan fingerprint density at radius 1 is 0.677 bits per heavy atom. The van der Waals surface area contributed by atoms with E-state index >= 15 is 0 Å². The van der Waals surface area contributed by atoms with Gasteiger partial charge in [0.15, 0.2) is 34.6 Å². The van der Waals surface area contributed by atoms with Crippen molar-refractivity contribution in [3.8, 4) is 45.5 Å². The van der Waals surface area contributed by atoms with Crippen LogP contribution in [0.5, 0.6) is 23.0 Å². The first-order valence-corrected chi connectivity index (χ1v) is 21.1. The molecule has 0 unspecified atom stereocenters. The average Bonchev–Trinajstić information content (AvgIpc) is 3.90. The molecule has 4 bridgehead atoms. The van der Waals surface area contributed by atoms with Gasteiger partial charge in [0.1, 0.15) is 26.4 Å². The van der Waals surface area contributed by atoms with Crippen LogP contribution in [0.2, 0.25) is 0 Å². The minimum Gasteiger partial charge on any atom is -0.486 e. The molecule has 15 nitrogen and oxygen atoms in total. The predicted octanol–water partition coefficient (Wildman–Crippen LogP) is 7.35. The molecule has 6 aromatic rings. The lowest BCUT2D eigenvalue weighted by Gasteiger charge is -2.36. The monoisotopic (exact) mass is 832 g/mol. The average molecular weight is 833 g/mol. The number of nitrogen functional groups attached to an aromatic ring is 1. The van der Waals surface area contributed by atoms with E-state index < -0.39 is 0 Å². The van der Waals surface area contributed by atoms with Crippen LogP contribution in [0.25, 0.3) is 22.5 Å². The summed E-state index contributed by atoms with van der Waals surface area (Å²) in [6, 6.07) is 27.7. The normalized spacial score (nSPS) is 18.2. The first-order chi connectivity index (χ1) is 30.3. The van der Waals surface area contributed by atoms with E-state index in [2.05, 4.69) is 54.7 Å². The van der Waals surface area contributed by atoms with Crippen molar-refractivity contribution < 1.29 is 23.7 Å². The summed E-state index contributed by atoms with van der Waals surface area (Å²) >= 11 is 0. The number of ether oxygens (including phenoxy) is 4. The number of hydrogen-bond acceptors (Lipinski definition) is 13. The maximum Gasteiger partial charge on any atom is 0.327 e. The number of nitrogens with one attached hydrogen (secondary N) is 2. The molecule has 15 heteroatoms. The highest BCUT2D eigenvalue weighted by atomic mass is 16.6. The minimum atomic E-state index is -0.190. The van der Waals surface area contributed by atoms with Gasteiger partial charge in [-0.2, -0.15) is 0 Å². The van der Waals surface area contributed by atoms with Crippen molar-refractivity contribution in [1.29, 1.82) is 0 Å². The molecular weight excluding hydrogens is 785 g/mol. The van der Waals surface area contributed by atoms with Gasteiger partial charge in [-0.05, 0) is 99.5 Å². The Hall–Kier alpha value is -7.29. The van der Waals surface area contributed by atoms with Gasteiger partial charge in [0, 0.05) is 90.6 Å². The third-order valence-corrected chi connectivity index (χ3v) is 11.7. The Morgan fingerprint density at radius 3 is 2.00 bits per heavy atom. The van der Waals surface area contributed by atoms with Gasteiger partial charge in [0.2, 0.25) is 0 Å². The van der Waals surface area contributed by atoms with Crippen molar-refractivity contribution in [3.05, 3.63) is 109 Å². The van der Waals surface area contributed by atoms with Gasteiger partial charge in [-0.3, -0.25) is 14.9 Å². The second-order valence-corrected chi connectivity index (χ2v) is 16.0. The quantitative estimate of drug-likeness (QED) is 0.152. The minimum absolute atomic E-state index is 0.0848. The number of carbonyl (C=O) groups excluding carboxylic acids is 1. The lowest BCUT2D eigenvalue weighted by molar-refractivity contribution is 0.171. The summed E-state index contributed by atoms with van der Waals surface area (Å²) in [5.41, 5.74) is 15.1. The van der Waals surface area contributed by atoms with E-state index in [1.165, 1.54) is 12.1 Å². The third-order valence-electron chi connectivity index (χ3n) is 11.7. The van der Waals surface area contributed by atoms with Crippen molar-refractivity contribution in [1.82, 2.24) is 19.9 Å².